The van der Waals surface area contributed by atoms with Gasteiger partial charge in [0, 0.05) is 11.4 Å². The molecule has 118 valence electrons. The van der Waals surface area contributed by atoms with Crippen LogP contribution in [0.2, 0.25) is 5.02 Å². The van der Waals surface area contributed by atoms with Gasteiger partial charge in [0.05, 0.1) is 6.07 Å². The molecule has 0 bridgehead atoms. The summed E-state index contributed by atoms with van der Waals surface area (Å²) in [6.45, 7) is 6.64. The Morgan fingerprint density at radius 3 is 2.18 bits per heavy atom. The lowest BCUT2D eigenvalue weighted by molar-refractivity contribution is -0.160. The van der Waals surface area contributed by atoms with E-state index in [0.29, 0.717) is 10.6 Å². The van der Waals surface area contributed by atoms with Gasteiger partial charge in [0.25, 0.3) is 0 Å². The highest BCUT2D eigenvalue weighted by molar-refractivity contribution is 6.30. The van der Waals surface area contributed by atoms with E-state index in [2.05, 4.69) is 6.07 Å². The van der Waals surface area contributed by atoms with Crippen LogP contribution in [0.1, 0.15) is 46.1 Å². The number of carbonyl (C=O) groups is 2. The summed E-state index contributed by atoms with van der Waals surface area (Å²) in [5.74, 6) is -0.733. The fourth-order valence-electron chi connectivity index (χ4n) is 1.99. The van der Waals surface area contributed by atoms with Crippen LogP contribution in [0.4, 0.5) is 0 Å². The third-order valence-corrected chi connectivity index (χ3v) is 3.38. The molecule has 0 radical (unpaired) electrons. The first kappa shape index (κ1) is 18.2. The summed E-state index contributed by atoms with van der Waals surface area (Å²) >= 11 is 5.87. The Hall–Kier alpha value is -1.86. The highest BCUT2D eigenvalue weighted by atomic mass is 35.5. The number of ketones is 1. The zero-order chi connectivity index (χ0) is 17.0. The molecule has 5 heteroatoms. The van der Waals surface area contributed by atoms with E-state index in [9.17, 15) is 14.9 Å². The van der Waals surface area contributed by atoms with Crippen LogP contribution in [0.5, 0.6) is 0 Å². The summed E-state index contributed by atoms with van der Waals surface area (Å²) in [4.78, 5) is 23.9. The van der Waals surface area contributed by atoms with E-state index in [1.807, 2.05) is 0 Å². The molecular weight excluding hydrogens is 302 g/mol. The average molecular weight is 322 g/mol. The van der Waals surface area contributed by atoms with Gasteiger partial charge in [-0.05, 0) is 51.8 Å². The van der Waals surface area contributed by atoms with E-state index in [-0.39, 0.29) is 18.6 Å². The molecule has 0 aliphatic rings. The summed E-state index contributed by atoms with van der Waals surface area (Å²) in [6, 6.07) is 8.52. The Bertz CT molecular complexity index is 596. The first-order valence-electron chi connectivity index (χ1n) is 7.01. The molecule has 0 spiro atoms. The number of carbonyl (C=O) groups excluding carboxylic acids is 2. The van der Waals surface area contributed by atoms with Crippen LogP contribution >= 0.6 is 11.6 Å². The third-order valence-electron chi connectivity index (χ3n) is 3.13. The number of Topliss-reactive ketones (excluding diaryl/α,β-unsaturated/α-hetero) is 1. The Kier molecular flexibility index (Phi) is 5.73. The normalized spacial score (nSPS) is 13.8. The molecule has 0 saturated heterocycles. The van der Waals surface area contributed by atoms with Gasteiger partial charge in [-0.15, -0.1) is 0 Å². The predicted octanol–water partition coefficient (Wildman–Crippen LogP) is 3.81. The quantitative estimate of drug-likeness (QED) is 0.773. The van der Waals surface area contributed by atoms with Crippen molar-refractivity contribution in [3.63, 3.8) is 0 Å². The zero-order valence-corrected chi connectivity index (χ0v) is 14.0. The van der Waals surface area contributed by atoms with Crippen LogP contribution in [-0.2, 0) is 19.7 Å². The molecule has 0 aromatic heterocycles. The molecular formula is C17H20ClNO3. The maximum absolute atomic E-state index is 12.6. The number of ether oxygens (including phenoxy) is 1. The number of nitriles is 1. The molecule has 0 heterocycles. The lowest BCUT2D eigenvalue weighted by Crippen LogP contribution is -2.40. The number of benzene rings is 1. The standard InChI is InChI=1S/C17H20ClNO3/c1-12(20)9-10-17(11-19,15(21)22-16(2,3)4)13-5-7-14(18)8-6-13/h5-8H,9-10H2,1-4H3/t17-/m0/s1. The van der Waals surface area contributed by atoms with E-state index in [0.717, 1.165) is 0 Å². The first-order chi connectivity index (χ1) is 10.1. The molecule has 0 saturated carbocycles. The molecule has 4 nitrogen and oxygen atoms in total. The molecule has 1 aromatic carbocycles. The van der Waals surface area contributed by atoms with Gasteiger partial charge in [-0.3, -0.25) is 0 Å². The van der Waals surface area contributed by atoms with Gasteiger partial charge < -0.3 is 9.53 Å². The maximum atomic E-state index is 12.6. The monoisotopic (exact) mass is 321 g/mol. The minimum atomic E-state index is -1.51. The minimum Gasteiger partial charge on any atom is -0.459 e. The number of rotatable bonds is 5. The summed E-state index contributed by atoms with van der Waals surface area (Å²) in [5, 5.41) is 10.2. The number of esters is 1. The van der Waals surface area contributed by atoms with Gasteiger partial charge in [-0.1, -0.05) is 23.7 Å². The predicted molar refractivity (Wildman–Crippen MR) is 84.5 cm³/mol. The lowest BCUT2D eigenvalue weighted by Gasteiger charge is -2.29. The lowest BCUT2D eigenvalue weighted by atomic mass is 9.77. The average Bonchev–Trinajstić information content (AvgIpc) is 2.39. The zero-order valence-electron chi connectivity index (χ0n) is 13.3. The fourth-order valence-corrected chi connectivity index (χ4v) is 2.12. The van der Waals surface area contributed by atoms with Crippen molar-refractivity contribution >= 4 is 23.4 Å². The summed E-state index contributed by atoms with van der Waals surface area (Å²) in [6.07, 6.45) is 0.199. The van der Waals surface area contributed by atoms with Crippen molar-refractivity contribution in [3.8, 4) is 6.07 Å². The van der Waals surface area contributed by atoms with Crippen LogP contribution in [-0.4, -0.2) is 17.4 Å². The van der Waals surface area contributed by atoms with E-state index < -0.39 is 17.0 Å². The molecule has 22 heavy (non-hydrogen) atoms. The van der Waals surface area contributed by atoms with Crippen molar-refractivity contribution in [2.45, 2.75) is 51.6 Å². The third kappa shape index (κ3) is 4.57. The van der Waals surface area contributed by atoms with E-state index in [1.54, 1.807) is 45.0 Å². The van der Waals surface area contributed by atoms with Gasteiger partial charge in [-0.25, -0.2) is 4.79 Å². The Morgan fingerprint density at radius 2 is 1.77 bits per heavy atom. The van der Waals surface area contributed by atoms with Gasteiger partial charge >= 0.3 is 5.97 Å². The van der Waals surface area contributed by atoms with Crippen LogP contribution in [0.25, 0.3) is 0 Å². The SMILES string of the molecule is CC(=O)CC[C@@](C#N)(C(=O)OC(C)(C)C)c1ccc(Cl)cc1. The Balaban J connectivity index is 3.29. The largest absolute Gasteiger partial charge is 0.459 e. The van der Waals surface area contributed by atoms with Crippen molar-refractivity contribution < 1.29 is 14.3 Å². The van der Waals surface area contributed by atoms with E-state index >= 15 is 0 Å². The molecule has 1 atom stereocenters. The molecule has 0 aliphatic heterocycles. The second-order valence-corrected chi connectivity index (χ2v) is 6.66. The summed E-state index contributed by atoms with van der Waals surface area (Å²) in [7, 11) is 0. The highest BCUT2D eigenvalue weighted by Gasteiger charge is 2.43. The topological polar surface area (TPSA) is 67.2 Å². The van der Waals surface area contributed by atoms with Crippen molar-refractivity contribution in [1.82, 2.24) is 0 Å². The molecule has 0 amide bonds. The summed E-state index contributed by atoms with van der Waals surface area (Å²) in [5.41, 5.74) is -1.75. The first-order valence-corrected chi connectivity index (χ1v) is 7.39. The summed E-state index contributed by atoms with van der Waals surface area (Å²) < 4.78 is 5.41. The van der Waals surface area contributed by atoms with Gasteiger partial charge in [0.1, 0.15) is 11.4 Å². The highest BCUT2D eigenvalue weighted by Crippen LogP contribution is 2.33. The molecule has 0 N–H and O–H groups in total. The van der Waals surface area contributed by atoms with Crippen LogP contribution in [0.15, 0.2) is 24.3 Å². The number of halogens is 1. The molecule has 1 rings (SSSR count). The number of hydrogen-bond donors (Lipinski definition) is 0. The van der Waals surface area contributed by atoms with Crippen molar-refractivity contribution in [2.75, 3.05) is 0 Å². The Morgan fingerprint density at radius 1 is 1.23 bits per heavy atom. The second kappa shape index (κ2) is 6.93. The smallest absolute Gasteiger partial charge is 0.331 e. The van der Waals surface area contributed by atoms with E-state index in [1.165, 1.54) is 6.92 Å². The van der Waals surface area contributed by atoms with Gasteiger partial charge in [-0.2, -0.15) is 5.26 Å². The van der Waals surface area contributed by atoms with Crippen LogP contribution in [0, 0.1) is 11.3 Å². The molecule has 0 aliphatic carbocycles. The van der Waals surface area contributed by atoms with Gasteiger partial charge in [0.15, 0.2) is 5.41 Å². The molecule has 0 unspecified atom stereocenters. The van der Waals surface area contributed by atoms with Crippen molar-refractivity contribution in [3.05, 3.63) is 34.9 Å². The van der Waals surface area contributed by atoms with Gasteiger partial charge in [0.2, 0.25) is 0 Å². The Labute approximate surface area is 136 Å². The van der Waals surface area contributed by atoms with E-state index in [4.69, 9.17) is 16.3 Å². The van der Waals surface area contributed by atoms with Crippen LogP contribution in [0.3, 0.4) is 0 Å². The maximum Gasteiger partial charge on any atom is 0.331 e. The molecule has 0 fully saturated rings. The number of hydrogen-bond acceptors (Lipinski definition) is 4. The van der Waals surface area contributed by atoms with Crippen molar-refractivity contribution in [1.29, 1.82) is 5.26 Å². The molecule has 1 aromatic rings. The minimum absolute atomic E-state index is 0.0787. The fraction of sp³-hybridized carbons (Fsp3) is 0.471. The number of nitrogens with zero attached hydrogens (tertiary/aromatic N) is 1. The second-order valence-electron chi connectivity index (χ2n) is 6.23. The van der Waals surface area contributed by atoms with Crippen LogP contribution < -0.4 is 0 Å². The van der Waals surface area contributed by atoms with Crippen molar-refractivity contribution in [2.24, 2.45) is 0 Å².